The van der Waals surface area contributed by atoms with E-state index in [1.54, 1.807) is 0 Å². The van der Waals surface area contributed by atoms with Crippen LogP contribution in [0, 0.1) is 5.92 Å². The zero-order valence-electron chi connectivity index (χ0n) is 19.1. The number of carboxylic acids is 1. The second-order valence-electron chi connectivity index (χ2n) is 7.76. The average molecular weight is 511 g/mol. The first-order chi connectivity index (χ1) is 15.5. The molecule has 0 radical (unpaired) electrons. The number of carboxylic acid groups (broad SMARTS) is 1. The Morgan fingerprint density at radius 3 is 2.27 bits per heavy atom. The second-order valence-corrected chi connectivity index (χ2v) is 8.29. The van der Waals surface area contributed by atoms with Crippen LogP contribution in [-0.2, 0) is 19.2 Å². The van der Waals surface area contributed by atoms with E-state index < -0.39 is 30.0 Å². The molecule has 1 saturated heterocycles. The summed E-state index contributed by atoms with van der Waals surface area (Å²) in [4.78, 5) is 51.8. The Bertz CT molecular complexity index is 684. The van der Waals surface area contributed by atoms with E-state index >= 15 is 0 Å². The molecule has 1 rings (SSSR count). The molecule has 190 valence electrons. The number of nitrogens with one attached hydrogen (secondary N) is 1. The van der Waals surface area contributed by atoms with Gasteiger partial charge in [-0.2, -0.15) is 0 Å². The number of carbonyl (C=O) groups is 4. The molecule has 0 aromatic rings. The molecule has 0 aromatic heterocycles. The number of carbonyl (C=O) groups excluding carboxylic acids is 3. The summed E-state index contributed by atoms with van der Waals surface area (Å²) >= 11 is 10.0. The van der Waals surface area contributed by atoms with Crippen LogP contribution in [0.3, 0.4) is 0 Å². The first kappa shape index (κ1) is 30.9. The third kappa shape index (κ3) is 11.5. The molecule has 0 aromatic carbocycles. The number of nitrogens with zero attached hydrogens (tertiary/aromatic N) is 2. The number of aliphatic imine (C=N–C) groups is 1. The van der Waals surface area contributed by atoms with Crippen LogP contribution < -0.4 is 22.5 Å². The number of guanidine groups is 1. The van der Waals surface area contributed by atoms with E-state index in [0.717, 1.165) is 6.42 Å². The van der Waals surface area contributed by atoms with Crippen molar-refractivity contribution in [2.45, 2.75) is 64.1 Å². The van der Waals surface area contributed by atoms with Gasteiger partial charge in [-0.25, -0.2) is 4.79 Å². The van der Waals surface area contributed by atoms with Gasteiger partial charge in [0.2, 0.25) is 11.8 Å². The highest BCUT2D eigenvalue weighted by atomic mass is 35.5. The summed E-state index contributed by atoms with van der Waals surface area (Å²) in [6.45, 7) is 4.57. The van der Waals surface area contributed by atoms with Crippen molar-refractivity contribution in [3.63, 3.8) is 0 Å². The van der Waals surface area contributed by atoms with Crippen LogP contribution in [0.5, 0.6) is 0 Å². The molecule has 0 aliphatic carbocycles. The van der Waals surface area contributed by atoms with Crippen molar-refractivity contribution in [3.05, 3.63) is 0 Å². The van der Waals surface area contributed by atoms with E-state index in [1.807, 2.05) is 13.8 Å². The molecule has 4 atom stereocenters. The fourth-order valence-corrected chi connectivity index (χ4v) is 3.34. The molecule has 33 heavy (non-hydrogen) atoms. The maximum atomic E-state index is 12.6. The molecule has 2 amide bonds. The number of alkyl halides is 2. The van der Waals surface area contributed by atoms with Crippen LogP contribution in [0.25, 0.3) is 0 Å². The number of nitrogens with two attached hydrogens (primary N) is 3. The number of aliphatic carboxylic acids is 1. The molecule has 1 fully saturated rings. The van der Waals surface area contributed by atoms with E-state index in [-0.39, 0.29) is 48.3 Å². The number of Topliss-reactive ketones (excluding diaryl/α,β-unsaturated/α-hetero) is 1. The van der Waals surface area contributed by atoms with Crippen LogP contribution in [0.15, 0.2) is 4.99 Å². The zero-order valence-corrected chi connectivity index (χ0v) is 20.6. The lowest BCUT2D eigenvalue weighted by atomic mass is 9.98. The average Bonchev–Trinajstić information content (AvgIpc) is 3.28. The van der Waals surface area contributed by atoms with Crippen molar-refractivity contribution in [1.82, 2.24) is 10.2 Å². The topological polar surface area (TPSA) is 194 Å². The highest BCUT2D eigenvalue weighted by molar-refractivity contribution is 6.35. The largest absolute Gasteiger partial charge is 0.480 e. The van der Waals surface area contributed by atoms with Gasteiger partial charge in [-0.05, 0) is 31.6 Å². The molecule has 0 unspecified atom stereocenters. The normalized spacial score (nSPS) is 17.7. The first-order valence-electron chi connectivity index (χ1n) is 10.8. The van der Waals surface area contributed by atoms with E-state index in [2.05, 4.69) is 10.3 Å². The fraction of sp³-hybridized carbons (Fsp3) is 0.750. The van der Waals surface area contributed by atoms with Crippen molar-refractivity contribution in [3.8, 4) is 0 Å². The van der Waals surface area contributed by atoms with E-state index in [4.69, 9.17) is 40.4 Å². The lowest BCUT2D eigenvalue weighted by molar-refractivity contribution is -0.144. The number of hydrogen-bond acceptors (Lipinski definition) is 6. The smallest absolute Gasteiger partial charge is 0.326 e. The Balaban J connectivity index is 0.00000150. The van der Waals surface area contributed by atoms with Crippen molar-refractivity contribution in [2.24, 2.45) is 28.1 Å². The van der Waals surface area contributed by atoms with Crippen LogP contribution in [0.1, 0.15) is 46.0 Å². The molecule has 1 aliphatic heterocycles. The lowest BCUT2D eigenvalue weighted by Crippen LogP contribution is -2.55. The molecule has 1 aliphatic rings. The number of hydrogen-bond donors (Lipinski definition) is 5. The van der Waals surface area contributed by atoms with Gasteiger partial charge >= 0.3 is 5.97 Å². The Hall–Kier alpha value is -2.11. The highest BCUT2D eigenvalue weighted by Gasteiger charge is 2.38. The van der Waals surface area contributed by atoms with Gasteiger partial charge in [-0.1, -0.05) is 20.3 Å². The van der Waals surface area contributed by atoms with Crippen molar-refractivity contribution >= 4 is 52.7 Å². The third-order valence-corrected chi connectivity index (χ3v) is 5.83. The van der Waals surface area contributed by atoms with E-state index in [1.165, 1.54) is 4.90 Å². The standard InChI is InChI=1S/C17H32N6O4.C3H4Cl2O/c1-3-10(2)13(18)15(25)23-9-5-7-12(23)14(24)22-11(16(26)27)6-4-8-21-17(19)20;4-1-3(6)2-5/h10-13H,3-9,18H2,1-2H3,(H,22,24)(H,26,27)(H4,19,20,21);1-2H2/t10-,11+,12+,13-;/m1./s1. The van der Waals surface area contributed by atoms with Crippen LogP contribution in [-0.4, -0.2) is 82.5 Å². The van der Waals surface area contributed by atoms with E-state index in [0.29, 0.717) is 25.8 Å². The minimum absolute atomic E-state index is 0.00381. The molecular formula is C20H36Cl2N6O5. The summed E-state index contributed by atoms with van der Waals surface area (Å²) < 4.78 is 0. The van der Waals surface area contributed by atoms with Gasteiger partial charge < -0.3 is 32.5 Å². The monoisotopic (exact) mass is 510 g/mol. The summed E-state index contributed by atoms with van der Waals surface area (Å²) in [5.41, 5.74) is 16.5. The maximum absolute atomic E-state index is 12.6. The lowest BCUT2D eigenvalue weighted by Gasteiger charge is -2.29. The SMILES string of the molecule is CC[C@@H](C)[C@@H](N)C(=O)N1CCC[C@H]1C(=O)N[C@@H](CCCN=C(N)N)C(=O)O.O=C(CCl)CCl. The predicted octanol–water partition coefficient (Wildman–Crippen LogP) is 0.00690. The van der Waals surface area contributed by atoms with Gasteiger partial charge in [0.25, 0.3) is 0 Å². The molecule has 0 bridgehead atoms. The van der Waals surface area contributed by atoms with Crippen molar-refractivity contribution in [2.75, 3.05) is 24.8 Å². The molecule has 13 heteroatoms. The number of halogens is 2. The van der Waals surface area contributed by atoms with Crippen LogP contribution in [0.2, 0.25) is 0 Å². The Labute approximate surface area is 204 Å². The first-order valence-corrected chi connectivity index (χ1v) is 11.8. The number of rotatable bonds is 12. The van der Waals surface area contributed by atoms with Crippen LogP contribution >= 0.6 is 23.2 Å². The minimum atomic E-state index is -1.14. The van der Waals surface area contributed by atoms with Gasteiger partial charge in [-0.3, -0.25) is 19.4 Å². The van der Waals surface area contributed by atoms with Crippen molar-refractivity contribution < 1.29 is 24.3 Å². The maximum Gasteiger partial charge on any atom is 0.326 e. The van der Waals surface area contributed by atoms with Crippen LogP contribution in [0.4, 0.5) is 0 Å². The summed E-state index contributed by atoms with van der Waals surface area (Å²) in [5, 5.41) is 11.9. The second kappa shape index (κ2) is 16.5. The van der Waals surface area contributed by atoms with Gasteiger partial charge in [-0.15, -0.1) is 23.2 Å². The summed E-state index contributed by atoms with van der Waals surface area (Å²) in [6, 6.07) is -2.42. The van der Waals surface area contributed by atoms with Gasteiger partial charge in [0, 0.05) is 13.1 Å². The predicted molar refractivity (Wildman–Crippen MR) is 128 cm³/mol. The number of amides is 2. The molecular weight excluding hydrogens is 475 g/mol. The Morgan fingerprint density at radius 2 is 1.82 bits per heavy atom. The minimum Gasteiger partial charge on any atom is -0.480 e. The Morgan fingerprint density at radius 1 is 1.21 bits per heavy atom. The highest BCUT2D eigenvalue weighted by Crippen LogP contribution is 2.21. The van der Waals surface area contributed by atoms with Gasteiger partial charge in [0.1, 0.15) is 12.1 Å². The van der Waals surface area contributed by atoms with E-state index in [9.17, 15) is 24.3 Å². The molecule has 8 N–H and O–H groups in total. The fourth-order valence-electron chi connectivity index (χ4n) is 3.06. The number of likely N-dealkylation sites (tertiary alicyclic amines) is 1. The summed E-state index contributed by atoms with van der Waals surface area (Å²) in [5.74, 6) is -1.99. The van der Waals surface area contributed by atoms with Gasteiger partial charge in [0.15, 0.2) is 11.7 Å². The molecule has 0 spiro atoms. The van der Waals surface area contributed by atoms with Crippen molar-refractivity contribution in [1.29, 1.82) is 0 Å². The quantitative estimate of drug-likeness (QED) is 0.105. The summed E-state index contributed by atoms with van der Waals surface area (Å²) in [6.07, 6.45) is 2.52. The third-order valence-electron chi connectivity index (χ3n) is 5.24. The van der Waals surface area contributed by atoms with Gasteiger partial charge in [0.05, 0.1) is 17.8 Å². The zero-order chi connectivity index (χ0) is 25.6. The molecule has 11 nitrogen and oxygen atoms in total. The molecule has 1 heterocycles. The Kier molecular flexibility index (Phi) is 15.4. The number of ketones is 1. The molecule has 0 saturated carbocycles. The summed E-state index contributed by atoms with van der Waals surface area (Å²) in [7, 11) is 0.